The Hall–Kier alpha value is -3.38. The lowest BCUT2D eigenvalue weighted by molar-refractivity contribution is -0.113. The molecule has 0 aliphatic carbocycles. The monoisotopic (exact) mass is 546 g/mol. The SMILES string of the molecule is CCOC(=O)c1sc(NC(=O)CSc2nnc(COc3cccc(C)c3)n2CC)c(C(=O)OCC)c1C. The summed E-state index contributed by atoms with van der Waals surface area (Å²) in [5, 5.41) is 12.0. The third-order valence-corrected chi connectivity index (χ3v) is 7.29. The summed E-state index contributed by atoms with van der Waals surface area (Å²) in [7, 11) is 0. The Morgan fingerprint density at radius 2 is 1.78 bits per heavy atom. The van der Waals surface area contributed by atoms with Crippen LogP contribution in [-0.4, -0.2) is 51.6 Å². The van der Waals surface area contributed by atoms with Gasteiger partial charge in [0.15, 0.2) is 11.0 Å². The summed E-state index contributed by atoms with van der Waals surface area (Å²) in [6.07, 6.45) is 0. The molecule has 1 N–H and O–H groups in total. The van der Waals surface area contributed by atoms with E-state index in [2.05, 4.69) is 15.5 Å². The topological polar surface area (TPSA) is 122 Å². The van der Waals surface area contributed by atoms with Crippen molar-refractivity contribution in [2.75, 3.05) is 24.3 Å². The van der Waals surface area contributed by atoms with Gasteiger partial charge in [-0.25, -0.2) is 9.59 Å². The molecule has 3 rings (SSSR count). The first-order valence-electron chi connectivity index (χ1n) is 11.8. The van der Waals surface area contributed by atoms with Crippen LogP contribution in [0.4, 0.5) is 5.00 Å². The van der Waals surface area contributed by atoms with Gasteiger partial charge in [0.1, 0.15) is 22.2 Å². The molecule has 10 nitrogen and oxygen atoms in total. The minimum atomic E-state index is -0.612. The van der Waals surface area contributed by atoms with E-state index in [4.69, 9.17) is 14.2 Å². The molecule has 2 aromatic heterocycles. The van der Waals surface area contributed by atoms with Crippen LogP contribution in [-0.2, 0) is 27.4 Å². The summed E-state index contributed by atoms with van der Waals surface area (Å²) < 4.78 is 17.9. The number of aromatic nitrogens is 3. The lowest BCUT2D eigenvalue weighted by atomic mass is 10.1. The predicted octanol–water partition coefficient (Wildman–Crippen LogP) is 4.64. The predicted molar refractivity (Wildman–Crippen MR) is 142 cm³/mol. The highest BCUT2D eigenvalue weighted by Gasteiger charge is 2.27. The number of benzene rings is 1. The maximum absolute atomic E-state index is 12.8. The Morgan fingerprint density at radius 3 is 2.46 bits per heavy atom. The van der Waals surface area contributed by atoms with E-state index in [9.17, 15) is 14.4 Å². The molecule has 1 amide bonds. The van der Waals surface area contributed by atoms with E-state index < -0.39 is 11.9 Å². The van der Waals surface area contributed by atoms with Gasteiger partial charge in [0.05, 0.1) is 24.5 Å². The minimum Gasteiger partial charge on any atom is -0.486 e. The lowest BCUT2D eigenvalue weighted by Gasteiger charge is -2.09. The van der Waals surface area contributed by atoms with Crippen LogP contribution >= 0.6 is 23.1 Å². The van der Waals surface area contributed by atoms with Crippen LogP contribution in [0.5, 0.6) is 5.75 Å². The van der Waals surface area contributed by atoms with Crippen molar-refractivity contribution in [2.45, 2.75) is 52.9 Å². The summed E-state index contributed by atoms with van der Waals surface area (Å²) in [5.41, 5.74) is 1.66. The Labute approximate surface area is 223 Å². The summed E-state index contributed by atoms with van der Waals surface area (Å²) >= 11 is 2.20. The largest absolute Gasteiger partial charge is 0.486 e. The van der Waals surface area contributed by atoms with Gasteiger partial charge < -0.3 is 24.1 Å². The number of aryl methyl sites for hydroxylation is 1. The van der Waals surface area contributed by atoms with Crippen LogP contribution in [0.15, 0.2) is 29.4 Å². The molecule has 0 bridgehead atoms. The van der Waals surface area contributed by atoms with Crippen molar-refractivity contribution in [3.05, 3.63) is 51.7 Å². The number of hydrogen-bond donors (Lipinski definition) is 1. The highest BCUT2D eigenvalue weighted by Crippen LogP contribution is 2.34. The van der Waals surface area contributed by atoms with Crippen LogP contribution in [0.2, 0.25) is 0 Å². The molecule has 3 aromatic rings. The lowest BCUT2D eigenvalue weighted by Crippen LogP contribution is -2.17. The Balaban J connectivity index is 1.69. The van der Waals surface area contributed by atoms with E-state index >= 15 is 0 Å². The molecule has 198 valence electrons. The normalized spacial score (nSPS) is 10.7. The zero-order valence-corrected chi connectivity index (χ0v) is 23.1. The molecule has 2 heterocycles. The van der Waals surface area contributed by atoms with E-state index in [1.54, 1.807) is 20.8 Å². The average Bonchev–Trinajstić information content (AvgIpc) is 3.41. The molecule has 12 heteroatoms. The van der Waals surface area contributed by atoms with Crippen molar-refractivity contribution in [3.63, 3.8) is 0 Å². The van der Waals surface area contributed by atoms with Crippen LogP contribution in [0, 0.1) is 13.8 Å². The second kappa shape index (κ2) is 13.2. The molecule has 0 saturated carbocycles. The van der Waals surface area contributed by atoms with E-state index in [0.29, 0.717) is 23.1 Å². The van der Waals surface area contributed by atoms with Gasteiger partial charge in [-0.2, -0.15) is 0 Å². The number of nitrogens with one attached hydrogen (secondary N) is 1. The van der Waals surface area contributed by atoms with Gasteiger partial charge in [-0.05, 0) is 57.9 Å². The highest BCUT2D eigenvalue weighted by molar-refractivity contribution is 7.99. The van der Waals surface area contributed by atoms with E-state index in [0.717, 1.165) is 22.6 Å². The number of esters is 2. The van der Waals surface area contributed by atoms with Crippen molar-refractivity contribution in [2.24, 2.45) is 0 Å². The number of carbonyl (C=O) groups is 3. The summed E-state index contributed by atoms with van der Waals surface area (Å²) in [4.78, 5) is 37.9. The average molecular weight is 547 g/mol. The van der Waals surface area contributed by atoms with Crippen LogP contribution in [0.1, 0.15) is 57.8 Å². The Bertz CT molecular complexity index is 1270. The number of nitrogens with zero attached hydrogens (tertiary/aromatic N) is 3. The molecule has 0 aliphatic rings. The second-order valence-corrected chi connectivity index (χ2v) is 9.75. The quantitative estimate of drug-likeness (QED) is 0.256. The molecular weight excluding hydrogens is 516 g/mol. The number of hydrogen-bond acceptors (Lipinski definition) is 10. The maximum atomic E-state index is 12.8. The summed E-state index contributed by atoms with van der Waals surface area (Å²) in [6, 6.07) is 7.74. The van der Waals surface area contributed by atoms with E-state index in [1.165, 1.54) is 11.8 Å². The molecule has 1 aromatic carbocycles. The van der Waals surface area contributed by atoms with Crippen molar-refractivity contribution in [3.8, 4) is 5.75 Å². The molecule has 0 saturated heterocycles. The zero-order valence-electron chi connectivity index (χ0n) is 21.5. The molecule has 0 atom stereocenters. The van der Waals surface area contributed by atoms with E-state index in [1.807, 2.05) is 42.7 Å². The number of anilines is 1. The number of carbonyl (C=O) groups excluding carboxylic acids is 3. The van der Waals surface area contributed by atoms with Gasteiger partial charge in [0.25, 0.3) is 0 Å². The highest BCUT2D eigenvalue weighted by atomic mass is 32.2. The number of thioether (sulfide) groups is 1. The Kier molecular flexibility index (Phi) is 10.1. The van der Waals surface area contributed by atoms with Gasteiger partial charge in [-0.3, -0.25) is 4.79 Å². The maximum Gasteiger partial charge on any atom is 0.348 e. The third kappa shape index (κ3) is 7.10. The summed E-state index contributed by atoms with van der Waals surface area (Å²) in [6.45, 7) is 10.2. The van der Waals surface area contributed by atoms with Crippen molar-refractivity contribution < 1.29 is 28.6 Å². The Morgan fingerprint density at radius 1 is 1.05 bits per heavy atom. The fraction of sp³-hybridized carbons (Fsp3) is 0.400. The first-order chi connectivity index (χ1) is 17.8. The molecule has 0 radical (unpaired) electrons. The van der Waals surface area contributed by atoms with Crippen LogP contribution in [0.25, 0.3) is 0 Å². The fourth-order valence-corrected chi connectivity index (χ4v) is 5.36. The third-order valence-electron chi connectivity index (χ3n) is 5.14. The van der Waals surface area contributed by atoms with Crippen molar-refractivity contribution in [1.29, 1.82) is 0 Å². The van der Waals surface area contributed by atoms with Gasteiger partial charge >= 0.3 is 11.9 Å². The molecule has 37 heavy (non-hydrogen) atoms. The minimum absolute atomic E-state index is 0.0187. The van der Waals surface area contributed by atoms with Gasteiger partial charge in [0.2, 0.25) is 5.91 Å². The molecule has 0 fully saturated rings. The van der Waals surface area contributed by atoms with Crippen LogP contribution in [0.3, 0.4) is 0 Å². The number of amides is 1. The van der Waals surface area contributed by atoms with Crippen molar-refractivity contribution >= 4 is 45.9 Å². The summed E-state index contributed by atoms with van der Waals surface area (Å²) in [5.74, 6) is -0.129. The first kappa shape index (κ1) is 28.2. The van der Waals surface area contributed by atoms with Crippen LogP contribution < -0.4 is 10.1 Å². The number of rotatable bonds is 12. The second-order valence-electron chi connectivity index (χ2n) is 7.79. The molecule has 0 unspecified atom stereocenters. The smallest absolute Gasteiger partial charge is 0.348 e. The zero-order chi connectivity index (χ0) is 26.9. The van der Waals surface area contributed by atoms with Gasteiger partial charge in [0, 0.05) is 6.54 Å². The standard InChI is InChI=1S/C25H30N4O6S2/c1-6-29-18(13-35-17-11-9-10-15(4)12-17)27-28-25(29)36-14-19(30)26-22-20(23(31)33-7-2)16(5)21(37-22)24(32)34-8-3/h9-12H,6-8,13-14H2,1-5H3,(H,26,30). The van der Waals surface area contributed by atoms with Crippen molar-refractivity contribution in [1.82, 2.24) is 14.8 Å². The number of thiophene rings is 1. The number of ether oxygens (including phenoxy) is 3. The van der Waals surface area contributed by atoms with E-state index in [-0.39, 0.29) is 46.9 Å². The molecular formula is C25H30N4O6S2. The van der Waals surface area contributed by atoms with Gasteiger partial charge in [-0.15, -0.1) is 21.5 Å². The van der Waals surface area contributed by atoms with Gasteiger partial charge in [-0.1, -0.05) is 23.9 Å². The fourth-order valence-electron chi connectivity index (χ4n) is 3.44. The molecule has 0 spiro atoms. The molecule has 0 aliphatic heterocycles. The first-order valence-corrected chi connectivity index (χ1v) is 13.6.